The van der Waals surface area contributed by atoms with Gasteiger partial charge in [-0.1, -0.05) is 25.1 Å². The summed E-state index contributed by atoms with van der Waals surface area (Å²) >= 11 is 0. The molecule has 2 heterocycles. The van der Waals surface area contributed by atoms with E-state index in [1.165, 1.54) is 11.3 Å². The van der Waals surface area contributed by atoms with Crippen LogP contribution in [-0.4, -0.2) is 17.6 Å². The molecule has 0 saturated heterocycles. The van der Waals surface area contributed by atoms with Crippen molar-refractivity contribution < 1.29 is 4.42 Å². The van der Waals surface area contributed by atoms with E-state index in [9.17, 15) is 0 Å². The molecule has 0 amide bonds. The first-order valence-electron chi connectivity index (χ1n) is 7.82. The Morgan fingerprint density at radius 3 is 3.10 bits per heavy atom. The standard InChI is InChI=1S/C17H23N3O/c1-3-10-18-11-15-12-21-17(19-15)20-13(2)8-9-14-6-4-5-7-16(14)20/h4-7,12-13,18H,3,8-11H2,1-2H3. The summed E-state index contributed by atoms with van der Waals surface area (Å²) in [5.41, 5.74) is 3.57. The van der Waals surface area contributed by atoms with Crippen LogP contribution < -0.4 is 10.2 Å². The lowest BCUT2D eigenvalue weighted by atomic mass is 9.97. The van der Waals surface area contributed by atoms with Crippen molar-refractivity contribution in [1.82, 2.24) is 10.3 Å². The summed E-state index contributed by atoms with van der Waals surface area (Å²) in [5.74, 6) is 0. The number of aromatic nitrogens is 1. The molecule has 0 spiro atoms. The zero-order valence-electron chi connectivity index (χ0n) is 12.8. The lowest BCUT2D eigenvalue weighted by Gasteiger charge is -2.33. The Morgan fingerprint density at radius 2 is 2.24 bits per heavy atom. The van der Waals surface area contributed by atoms with Crippen LogP contribution in [0.5, 0.6) is 0 Å². The first-order chi connectivity index (χ1) is 10.3. The fraction of sp³-hybridized carbons (Fsp3) is 0.471. The van der Waals surface area contributed by atoms with Gasteiger partial charge in [0.2, 0.25) is 0 Å². The number of para-hydroxylation sites is 1. The van der Waals surface area contributed by atoms with Crippen molar-refractivity contribution in [3.8, 4) is 0 Å². The molecule has 1 unspecified atom stereocenters. The Kier molecular flexibility index (Phi) is 4.25. The third kappa shape index (κ3) is 2.95. The molecule has 0 radical (unpaired) electrons. The molecule has 1 N–H and O–H groups in total. The van der Waals surface area contributed by atoms with Gasteiger partial charge in [-0.2, -0.15) is 4.98 Å². The molecule has 3 rings (SSSR count). The fourth-order valence-corrected chi connectivity index (χ4v) is 2.86. The second-order valence-electron chi connectivity index (χ2n) is 5.68. The summed E-state index contributed by atoms with van der Waals surface area (Å²) in [6, 6.07) is 9.66. The monoisotopic (exact) mass is 285 g/mol. The van der Waals surface area contributed by atoms with Gasteiger partial charge in [-0.05, 0) is 44.4 Å². The Labute approximate surface area is 126 Å². The molecule has 0 bridgehead atoms. The Balaban J connectivity index is 1.83. The molecule has 0 aliphatic carbocycles. The predicted octanol–water partition coefficient (Wildman–Crippen LogP) is 3.65. The highest BCUT2D eigenvalue weighted by Crippen LogP contribution is 2.36. The summed E-state index contributed by atoms with van der Waals surface area (Å²) in [7, 11) is 0. The highest BCUT2D eigenvalue weighted by atomic mass is 16.4. The number of nitrogens with zero attached hydrogens (tertiary/aromatic N) is 2. The van der Waals surface area contributed by atoms with Gasteiger partial charge in [-0.25, -0.2) is 0 Å². The van der Waals surface area contributed by atoms with Crippen molar-refractivity contribution in [2.24, 2.45) is 0 Å². The van der Waals surface area contributed by atoms with Crippen LogP contribution in [0, 0.1) is 0 Å². The van der Waals surface area contributed by atoms with E-state index in [0.29, 0.717) is 12.1 Å². The van der Waals surface area contributed by atoms with Gasteiger partial charge >= 0.3 is 6.01 Å². The molecule has 21 heavy (non-hydrogen) atoms. The van der Waals surface area contributed by atoms with E-state index in [1.807, 2.05) is 0 Å². The quantitative estimate of drug-likeness (QED) is 0.851. The molecule has 0 fully saturated rings. The first kappa shape index (κ1) is 14.1. The molecule has 1 aromatic carbocycles. The minimum atomic E-state index is 0.412. The second kappa shape index (κ2) is 6.31. The number of oxazole rings is 1. The first-order valence-corrected chi connectivity index (χ1v) is 7.82. The van der Waals surface area contributed by atoms with E-state index in [-0.39, 0.29) is 0 Å². The van der Waals surface area contributed by atoms with Crippen LogP contribution in [0.25, 0.3) is 0 Å². The van der Waals surface area contributed by atoms with Gasteiger partial charge in [0.1, 0.15) is 6.26 Å². The van der Waals surface area contributed by atoms with E-state index in [1.54, 1.807) is 6.26 Å². The van der Waals surface area contributed by atoms with Crippen molar-refractivity contribution >= 4 is 11.7 Å². The number of benzene rings is 1. The average molecular weight is 285 g/mol. The van der Waals surface area contributed by atoms with Crippen LogP contribution in [0.15, 0.2) is 34.9 Å². The van der Waals surface area contributed by atoms with Crippen molar-refractivity contribution in [3.05, 3.63) is 41.8 Å². The summed E-state index contributed by atoms with van der Waals surface area (Å²) in [5, 5.41) is 3.36. The molecule has 4 nitrogen and oxygen atoms in total. The van der Waals surface area contributed by atoms with E-state index in [4.69, 9.17) is 4.42 Å². The molecule has 4 heteroatoms. The molecular formula is C17H23N3O. The molecule has 0 saturated carbocycles. The third-order valence-corrected chi connectivity index (χ3v) is 4.00. The minimum absolute atomic E-state index is 0.412. The zero-order chi connectivity index (χ0) is 14.7. The van der Waals surface area contributed by atoms with Crippen molar-refractivity contribution in [3.63, 3.8) is 0 Å². The number of aryl methyl sites for hydroxylation is 1. The summed E-state index contributed by atoms with van der Waals surface area (Å²) in [6.07, 6.45) is 5.14. The van der Waals surface area contributed by atoms with Gasteiger partial charge in [0.25, 0.3) is 0 Å². The van der Waals surface area contributed by atoms with E-state index < -0.39 is 0 Å². The Hall–Kier alpha value is -1.81. The van der Waals surface area contributed by atoms with Crippen LogP contribution in [0.4, 0.5) is 11.7 Å². The second-order valence-corrected chi connectivity index (χ2v) is 5.68. The van der Waals surface area contributed by atoms with Crippen molar-refractivity contribution in [1.29, 1.82) is 0 Å². The maximum Gasteiger partial charge on any atom is 0.302 e. The van der Waals surface area contributed by atoms with Crippen LogP contribution in [-0.2, 0) is 13.0 Å². The van der Waals surface area contributed by atoms with E-state index in [2.05, 4.69) is 53.3 Å². The van der Waals surface area contributed by atoms with Crippen LogP contribution in [0.1, 0.15) is 37.9 Å². The Bertz CT molecular complexity index is 593. The maximum absolute atomic E-state index is 5.74. The van der Waals surface area contributed by atoms with E-state index >= 15 is 0 Å². The van der Waals surface area contributed by atoms with Crippen LogP contribution >= 0.6 is 0 Å². The lowest BCUT2D eigenvalue weighted by molar-refractivity contribution is 0.510. The summed E-state index contributed by atoms with van der Waals surface area (Å²) in [6.45, 7) is 6.16. The van der Waals surface area contributed by atoms with Gasteiger partial charge in [0, 0.05) is 18.3 Å². The maximum atomic E-state index is 5.74. The SMILES string of the molecule is CCCNCc1coc(N2c3ccccc3CCC2C)n1. The van der Waals surface area contributed by atoms with Gasteiger partial charge in [0.05, 0.1) is 5.69 Å². The number of hydrogen-bond acceptors (Lipinski definition) is 4. The highest BCUT2D eigenvalue weighted by Gasteiger charge is 2.27. The topological polar surface area (TPSA) is 41.3 Å². The molecule has 1 aliphatic heterocycles. The molecule has 1 atom stereocenters. The van der Waals surface area contributed by atoms with Gasteiger partial charge < -0.3 is 9.73 Å². The van der Waals surface area contributed by atoms with Crippen molar-refractivity contribution in [2.45, 2.75) is 45.7 Å². The largest absolute Gasteiger partial charge is 0.431 e. The molecule has 1 aliphatic rings. The predicted molar refractivity (Wildman–Crippen MR) is 84.9 cm³/mol. The number of nitrogens with one attached hydrogen (secondary N) is 1. The number of anilines is 2. The smallest absolute Gasteiger partial charge is 0.302 e. The average Bonchev–Trinajstić information content (AvgIpc) is 2.96. The van der Waals surface area contributed by atoms with Crippen molar-refractivity contribution in [2.75, 3.05) is 11.4 Å². The Morgan fingerprint density at radius 1 is 1.38 bits per heavy atom. The minimum Gasteiger partial charge on any atom is -0.431 e. The third-order valence-electron chi connectivity index (χ3n) is 4.00. The normalized spacial score (nSPS) is 17.8. The number of fused-ring (bicyclic) bond motifs is 1. The van der Waals surface area contributed by atoms with Gasteiger partial charge in [0.15, 0.2) is 0 Å². The number of rotatable bonds is 5. The molecule has 112 valence electrons. The zero-order valence-corrected chi connectivity index (χ0v) is 12.8. The summed E-state index contributed by atoms with van der Waals surface area (Å²) < 4.78 is 5.74. The lowest BCUT2D eigenvalue weighted by Crippen LogP contribution is -2.33. The molecule has 1 aromatic heterocycles. The van der Waals surface area contributed by atoms with Crippen LogP contribution in [0.3, 0.4) is 0 Å². The van der Waals surface area contributed by atoms with E-state index in [0.717, 1.165) is 38.0 Å². The number of hydrogen-bond donors (Lipinski definition) is 1. The van der Waals surface area contributed by atoms with Crippen LogP contribution in [0.2, 0.25) is 0 Å². The highest BCUT2D eigenvalue weighted by molar-refractivity contribution is 5.63. The van der Waals surface area contributed by atoms with Gasteiger partial charge in [-0.3, -0.25) is 4.90 Å². The fourth-order valence-electron chi connectivity index (χ4n) is 2.86. The van der Waals surface area contributed by atoms with Gasteiger partial charge in [-0.15, -0.1) is 0 Å². The summed E-state index contributed by atoms with van der Waals surface area (Å²) in [4.78, 5) is 6.88. The molecular weight excluding hydrogens is 262 g/mol. The molecule has 2 aromatic rings.